The maximum absolute atomic E-state index is 13.7. The Hall–Kier alpha value is -1.62. The third-order valence-corrected chi connectivity index (χ3v) is 3.98. The average Bonchev–Trinajstić information content (AvgIpc) is 2.49. The molecule has 1 heterocycles. The first-order chi connectivity index (χ1) is 10.1. The van der Waals surface area contributed by atoms with Crippen LogP contribution in [0.3, 0.4) is 0 Å². The van der Waals surface area contributed by atoms with Gasteiger partial charge in [0, 0.05) is 12.6 Å². The van der Waals surface area contributed by atoms with Crippen molar-refractivity contribution < 1.29 is 18.7 Å². The number of benzene rings is 1. The van der Waals surface area contributed by atoms with Gasteiger partial charge in [-0.25, -0.2) is 4.39 Å². The smallest absolute Gasteiger partial charge is 0.307 e. The van der Waals surface area contributed by atoms with Gasteiger partial charge in [-0.1, -0.05) is 12.5 Å². The molecule has 1 aromatic rings. The quantitative estimate of drug-likeness (QED) is 0.783. The fourth-order valence-electron chi connectivity index (χ4n) is 2.82. The van der Waals surface area contributed by atoms with Gasteiger partial charge in [0.2, 0.25) is 0 Å². The first-order valence-electron chi connectivity index (χ1n) is 7.27. The van der Waals surface area contributed by atoms with Gasteiger partial charge in [0.1, 0.15) is 0 Å². The minimum Gasteiger partial charge on any atom is -0.494 e. The SMILES string of the molecule is COC(=O)CC1CCCCN1Cc1ccc(OC)c(F)c1. The molecule has 21 heavy (non-hydrogen) atoms. The molecule has 2 rings (SSSR count). The molecule has 0 saturated carbocycles. The number of esters is 1. The van der Waals surface area contributed by atoms with Crippen molar-refractivity contribution in [2.45, 2.75) is 38.3 Å². The minimum atomic E-state index is -0.350. The molecule has 0 bridgehead atoms. The molecule has 1 atom stereocenters. The lowest BCUT2D eigenvalue weighted by Gasteiger charge is -2.35. The van der Waals surface area contributed by atoms with E-state index in [1.165, 1.54) is 20.3 Å². The molecule has 1 fully saturated rings. The van der Waals surface area contributed by atoms with Crippen molar-refractivity contribution in [2.24, 2.45) is 0 Å². The van der Waals surface area contributed by atoms with Crippen molar-refractivity contribution in [1.29, 1.82) is 0 Å². The third kappa shape index (κ3) is 4.17. The molecule has 4 nitrogen and oxygen atoms in total. The molecule has 0 radical (unpaired) electrons. The molecule has 1 aliphatic heterocycles. The average molecular weight is 295 g/mol. The van der Waals surface area contributed by atoms with Crippen molar-refractivity contribution in [2.75, 3.05) is 20.8 Å². The number of hydrogen-bond donors (Lipinski definition) is 0. The van der Waals surface area contributed by atoms with E-state index in [9.17, 15) is 9.18 Å². The zero-order valence-electron chi connectivity index (χ0n) is 12.6. The van der Waals surface area contributed by atoms with Crippen molar-refractivity contribution in [3.63, 3.8) is 0 Å². The predicted octanol–water partition coefficient (Wildman–Crippen LogP) is 2.75. The van der Waals surface area contributed by atoms with Gasteiger partial charge in [-0.05, 0) is 37.1 Å². The van der Waals surface area contributed by atoms with E-state index in [-0.39, 0.29) is 23.6 Å². The van der Waals surface area contributed by atoms with Crippen LogP contribution in [0.5, 0.6) is 5.75 Å². The minimum absolute atomic E-state index is 0.177. The van der Waals surface area contributed by atoms with Crippen molar-refractivity contribution in [3.8, 4) is 5.75 Å². The molecule has 0 amide bonds. The van der Waals surface area contributed by atoms with E-state index in [2.05, 4.69) is 4.90 Å². The largest absolute Gasteiger partial charge is 0.494 e. The van der Waals surface area contributed by atoms with Crippen LogP contribution in [0.15, 0.2) is 18.2 Å². The van der Waals surface area contributed by atoms with E-state index >= 15 is 0 Å². The topological polar surface area (TPSA) is 38.8 Å². The number of carbonyl (C=O) groups excluding carboxylic acids is 1. The summed E-state index contributed by atoms with van der Waals surface area (Å²) in [5.41, 5.74) is 0.894. The molecule has 116 valence electrons. The van der Waals surface area contributed by atoms with Crippen LogP contribution in [0.25, 0.3) is 0 Å². The zero-order chi connectivity index (χ0) is 15.2. The van der Waals surface area contributed by atoms with Crippen LogP contribution < -0.4 is 4.74 Å². The number of piperidine rings is 1. The van der Waals surface area contributed by atoms with E-state index in [0.717, 1.165) is 31.4 Å². The number of rotatable bonds is 5. The molecule has 1 aromatic carbocycles. The molecular formula is C16H22FNO3. The Morgan fingerprint density at radius 2 is 2.19 bits per heavy atom. The number of methoxy groups -OCH3 is 2. The van der Waals surface area contributed by atoms with E-state index < -0.39 is 0 Å². The monoisotopic (exact) mass is 295 g/mol. The number of ether oxygens (including phenoxy) is 2. The van der Waals surface area contributed by atoms with Crippen molar-refractivity contribution in [1.82, 2.24) is 4.90 Å². The molecule has 0 spiro atoms. The highest BCUT2D eigenvalue weighted by Gasteiger charge is 2.25. The summed E-state index contributed by atoms with van der Waals surface area (Å²) < 4.78 is 23.4. The van der Waals surface area contributed by atoms with Gasteiger partial charge in [0.05, 0.1) is 20.6 Å². The molecule has 1 saturated heterocycles. The molecule has 1 unspecified atom stereocenters. The maximum atomic E-state index is 13.7. The fourth-order valence-corrected chi connectivity index (χ4v) is 2.82. The lowest BCUT2D eigenvalue weighted by Crippen LogP contribution is -2.40. The summed E-state index contributed by atoms with van der Waals surface area (Å²) in [6, 6.07) is 5.19. The maximum Gasteiger partial charge on any atom is 0.307 e. The Bertz CT molecular complexity index is 492. The highest BCUT2D eigenvalue weighted by Crippen LogP contribution is 2.24. The normalized spacial score (nSPS) is 19.3. The van der Waals surface area contributed by atoms with Gasteiger partial charge < -0.3 is 9.47 Å². The lowest BCUT2D eigenvalue weighted by atomic mass is 9.98. The summed E-state index contributed by atoms with van der Waals surface area (Å²) in [7, 11) is 2.86. The molecule has 5 heteroatoms. The Kier molecular flexibility index (Phi) is 5.56. The van der Waals surface area contributed by atoms with E-state index in [0.29, 0.717) is 13.0 Å². The second kappa shape index (κ2) is 7.41. The second-order valence-electron chi connectivity index (χ2n) is 5.37. The van der Waals surface area contributed by atoms with Crippen molar-refractivity contribution >= 4 is 5.97 Å². The van der Waals surface area contributed by atoms with Crippen LogP contribution in [-0.2, 0) is 16.1 Å². The summed E-state index contributed by atoms with van der Waals surface area (Å²) in [6.45, 7) is 1.57. The van der Waals surface area contributed by atoms with Gasteiger partial charge in [-0.15, -0.1) is 0 Å². The zero-order valence-corrected chi connectivity index (χ0v) is 12.6. The van der Waals surface area contributed by atoms with Crippen LogP contribution in [0.4, 0.5) is 4.39 Å². The number of carbonyl (C=O) groups is 1. The Morgan fingerprint density at radius 1 is 1.38 bits per heavy atom. The van der Waals surface area contributed by atoms with Crippen LogP contribution in [0.2, 0.25) is 0 Å². The van der Waals surface area contributed by atoms with Gasteiger partial charge in [-0.2, -0.15) is 0 Å². The van der Waals surface area contributed by atoms with Gasteiger partial charge >= 0.3 is 5.97 Å². The summed E-state index contributed by atoms with van der Waals surface area (Å²) in [6.07, 6.45) is 3.61. The summed E-state index contributed by atoms with van der Waals surface area (Å²) in [5.74, 6) is -0.284. The van der Waals surface area contributed by atoms with Crippen molar-refractivity contribution in [3.05, 3.63) is 29.6 Å². The molecule has 1 aliphatic rings. The first-order valence-corrected chi connectivity index (χ1v) is 7.27. The first kappa shape index (κ1) is 15.8. The van der Waals surface area contributed by atoms with Crippen LogP contribution >= 0.6 is 0 Å². The fraction of sp³-hybridized carbons (Fsp3) is 0.562. The standard InChI is InChI=1S/C16H22FNO3/c1-20-15-7-6-12(9-14(15)17)11-18-8-4-3-5-13(18)10-16(19)21-2/h6-7,9,13H,3-5,8,10-11H2,1-2H3. The number of nitrogens with zero attached hydrogens (tertiary/aromatic N) is 1. The van der Waals surface area contributed by atoms with Crippen LogP contribution in [0.1, 0.15) is 31.2 Å². The number of likely N-dealkylation sites (tertiary alicyclic amines) is 1. The summed E-state index contributed by atoms with van der Waals surface area (Å²) >= 11 is 0. The van der Waals surface area contributed by atoms with E-state index in [1.54, 1.807) is 6.07 Å². The third-order valence-electron chi connectivity index (χ3n) is 3.98. The Labute approximate surface area is 124 Å². The summed E-state index contributed by atoms with van der Waals surface area (Å²) in [5, 5.41) is 0. The summed E-state index contributed by atoms with van der Waals surface area (Å²) in [4.78, 5) is 13.7. The highest BCUT2D eigenvalue weighted by atomic mass is 19.1. The number of halogens is 1. The molecule has 0 aliphatic carbocycles. The molecule has 0 aromatic heterocycles. The molecular weight excluding hydrogens is 273 g/mol. The van der Waals surface area contributed by atoms with Crippen LogP contribution in [0, 0.1) is 5.82 Å². The Balaban J connectivity index is 2.04. The van der Waals surface area contributed by atoms with Gasteiger partial charge in [0.15, 0.2) is 11.6 Å². The second-order valence-corrected chi connectivity index (χ2v) is 5.37. The molecule has 0 N–H and O–H groups in total. The van der Waals surface area contributed by atoms with E-state index in [4.69, 9.17) is 9.47 Å². The van der Waals surface area contributed by atoms with Gasteiger partial charge in [0.25, 0.3) is 0 Å². The van der Waals surface area contributed by atoms with Crippen LogP contribution in [-0.4, -0.2) is 37.7 Å². The van der Waals surface area contributed by atoms with Gasteiger partial charge in [-0.3, -0.25) is 9.69 Å². The predicted molar refractivity (Wildman–Crippen MR) is 77.6 cm³/mol. The number of hydrogen-bond acceptors (Lipinski definition) is 4. The highest BCUT2D eigenvalue weighted by molar-refractivity contribution is 5.69. The lowest BCUT2D eigenvalue weighted by molar-refractivity contribution is -0.142. The van der Waals surface area contributed by atoms with E-state index in [1.807, 2.05) is 6.07 Å². The Morgan fingerprint density at radius 3 is 2.86 bits per heavy atom.